The number of pyridine rings is 1. The molecule has 1 atom stereocenters. The predicted molar refractivity (Wildman–Crippen MR) is 66.5 cm³/mol. The zero-order valence-corrected chi connectivity index (χ0v) is 9.99. The van der Waals surface area contributed by atoms with Gasteiger partial charge in [-0.2, -0.15) is 0 Å². The summed E-state index contributed by atoms with van der Waals surface area (Å²) in [6.45, 7) is -0.0351. The van der Waals surface area contributed by atoms with Gasteiger partial charge < -0.3 is 9.84 Å². The Kier molecular flexibility index (Phi) is 4.07. The number of halogens is 1. The van der Waals surface area contributed by atoms with Crippen molar-refractivity contribution in [2.75, 3.05) is 6.61 Å². The van der Waals surface area contributed by atoms with E-state index in [1.807, 2.05) is 0 Å². The highest BCUT2D eigenvalue weighted by Gasteiger charge is 2.20. The van der Waals surface area contributed by atoms with Gasteiger partial charge in [0.1, 0.15) is 24.1 Å². The average molecular weight is 261 g/mol. The molecule has 2 rings (SSSR count). The average Bonchev–Trinajstić information content (AvgIpc) is 2.42. The summed E-state index contributed by atoms with van der Waals surface area (Å²) in [6.07, 6.45) is 3.10. The van der Waals surface area contributed by atoms with Crippen molar-refractivity contribution in [3.8, 4) is 5.75 Å². The number of rotatable bonds is 5. The van der Waals surface area contributed by atoms with E-state index in [4.69, 9.17) is 4.74 Å². The van der Waals surface area contributed by atoms with Crippen molar-refractivity contribution in [1.82, 2.24) is 4.98 Å². The second-order valence-corrected chi connectivity index (χ2v) is 3.94. The fourth-order valence-corrected chi connectivity index (χ4v) is 1.62. The van der Waals surface area contributed by atoms with E-state index >= 15 is 0 Å². The number of carboxylic acid groups (broad SMARTS) is 1. The van der Waals surface area contributed by atoms with E-state index in [0.717, 1.165) is 0 Å². The molecule has 0 aliphatic rings. The molecule has 0 fully saturated rings. The monoisotopic (exact) mass is 261 g/mol. The maximum absolute atomic E-state index is 12.8. The van der Waals surface area contributed by atoms with Gasteiger partial charge in [-0.3, -0.25) is 9.78 Å². The van der Waals surface area contributed by atoms with Crippen LogP contribution in [0.1, 0.15) is 11.5 Å². The summed E-state index contributed by atoms with van der Waals surface area (Å²) in [6, 6.07) is 8.74. The van der Waals surface area contributed by atoms with Gasteiger partial charge in [-0.25, -0.2) is 4.39 Å². The third-order valence-electron chi connectivity index (χ3n) is 2.62. The van der Waals surface area contributed by atoms with Crippen LogP contribution in [-0.2, 0) is 4.79 Å². The van der Waals surface area contributed by atoms with Crippen molar-refractivity contribution in [1.29, 1.82) is 0 Å². The molecule has 2 aromatic rings. The molecule has 0 aliphatic heterocycles. The minimum atomic E-state index is -1.02. The first kappa shape index (κ1) is 13.0. The van der Waals surface area contributed by atoms with Crippen molar-refractivity contribution >= 4 is 5.97 Å². The van der Waals surface area contributed by atoms with Gasteiger partial charge in [-0.05, 0) is 29.8 Å². The summed E-state index contributed by atoms with van der Waals surface area (Å²) in [5.74, 6) is -1.77. The molecule has 0 bridgehead atoms. The number of hydrogen-bond acceptors (Lipinski definition) is 3. The van der Waals surface area contributed by atoms with E-state index in [0.29, 0.717) is 11.3 Å². The number of nitrogens with zero attached hydrogens (tertiary/aromatic N) is 1. The summed E-state index contributed by atoms with van der Waals surface area (Å²) in [5.41, 5.74) is 0.498. The lowest BCUT2D eigenvalue weighted by atomic mass is 10.0. The largest absolute Gasteiger partial charge is 0.491 e. The van der Waals surface area contributed by atoms with Gasteiger partial charge >= 0.3 is 5.97 Å². The lowest BCUT2D eigenvalue weighted by molar-refractivity contribution is -0.139. The maximum atomic E-state index is 12.8. The van der Waals surface area contributed by atoms with Gasteiger partial charge in [0.2, 0.25) is 0 Å². The Balaban J connectivity index is 2.09. The van der Waals surface area contributed by atoms with Gasteiger partial charge in [-0.15, -0.1) is 0 Å². The van der Waals surface area contributed by atoms with E-state index in [1.54, 1.807) is 18.3 Å². The molecule has 0 radical (unpaired) electrons. The van der Waals surface area contributed by atoms with Crippen LogP contribution in [0.25, 0.3) is 0 Å². The summed E-state index contributed by atoms with van der Waals surface area (Å²) in [5, 5.41) is 9.18. The van der Waals surface area contributed by atoms with E-state index in [9.17, 15) is 14.3 Å². The van der Waals surface area contributed by atoms with Gasteiger partial charge in [-0.1, -0.05) is 12.1 Å². The smallest absolute Gasteiger partial charge is 0.314 e. The second-order valence-electron chi connectivity index (χ2n) is 3.94. The van der Waals surface area contributed by atoms with Crippen LogP contribution in [0.2, 0.25) is 0 Å². The zero-order chi connectivity index (χ0) is 13.7. The molecule has 0 amide bonds. The molecule has 5 heteroatoms. The summed E-state index contributed by atoms with van der Waals surface area (Å²) < 4.78 is 18.2. The molecule has 1 N–H and O–H groups in total. The first-order chi connectivity index (χ1) is 9.16. The Morgan fingerprint density at radius 2 is 2.05 bits per heavy atom. The molecule has 0 saturated heterocycles. The highest BCUT2D eigenvalue weighted by atomic mass is 19.1. The van der Waals surface area contributed by atoms with Crippen LogP contribution in [-0.4, -0.2) is 22.7 Å². The summed E-state index contributed by atoms with van der Waals surface area (Å²) >= 11 is 0. The Hall–Kier alpha value is -2.43. The quantitative estimate of drug-likeness (QED) is 0.898. The lowest BCUT2D eigenvalue weighted by Crippen LogP contribution is -2.19. The molecule has 98 valence electrons. The van der Waals surface area contributed by atoms with Crippen LogP contribution in [0.5, 0.6) is 5.75 Å². The van der Waals surface area contributed by atoms with E-state index in [-0.39, 0.29) is 6.61 Å². The molecule has 1 heterocycles. The molecule has 4 nitrogen and oxygen atoms in total. The van der Waals surface area contributed by atoms with Crippen LogP contribution in [0.15, 0.2) is 48.8 Å². The summed E-state index contributed by atoms with van der Waals surface area (Å²) in [4.78, 5) is 15.1. The third kappa shape index (κ3) is 3.51. The molecule has 0 saturated carbocycles. The number of carbonyl (C=O) groups is 1. The number of ether oxygens (including phenoxy) is 1. The fraction of sp³-hybridized carbons (Fsp3) is 0.143. The SMILES string of the molecule is O=C(O)C(COc1cccnc1)c1ccc(F)cc1. The van der Waals surface area contributed by atoms with E-state index in [2.05, 4.69) is 4.98 Å². The van der Waals surface area contributed by atoms with Crippen LogP contribution < -0.4 is 4.74 Å². The van der Waals surface area contributed by atoms with Crippen molar-refractivity contribution < 1.29 is 19.0 Å². The van der Waals surface area contributed by atoms with Crippen molar-refractivity contribution in [3.63, 3.8) is 0 Å². The molecular weight excluding hydrogens is 249 g/mol. The van der Waals surface area contributed by atoms with Crippen LogP contribution in [0, 0.1) is 5.82 Å². The third-order valence-corrected chi connectivity index (χ3v) is 2.62. The van der Waals surface area contributed by atoms with Crippen LogP contribution in [0.3, 0.4) is 0 Å². The first-order valence-corrected chi connectivity index (χ1v) is 5.68. The molecule has 1 aromatic heterocycles. The van der Waals surface area contributed by atoms with E-state index < -0.39 is 17.7 Å². The highest BCUT2D eigenvalue weighted by molar-refractivity contribution is 5.76. The van der Waals surface area contributed by atoms with E-state index in [1.165, 1.54) is 30.5 Å². The van der Waals surface area contributed by atoms with Gasteiger partial charge in [0, 0.05) is 6.20 Å². The standard InChI is InChI=1S/C14H12FNO3/c15-11-5-3-10(4-6-11)13(14(17)18)9-19-12-2-1-7-16-8-12/h1-8,13H,9H2,(H,17,18). The normalized spacial score (nSPS) is 11.8. The number of aromatic nitrogens is 1. The van der Waals surface area contributed by atoms with Gasteiger partial charge in [0.25, 0.3) is 0 Å². The minimum Gasteiger partial charge on any atom is -0.491 e. The van der Waals surface area contributed by atoms with Gasteiger partial charge in [0.05, 0.1) is 6.20 Å². The fourth-order valence-electron chi connectivity index (χ4n) is 1.62. The van der Waals surface area contributed by atoms with Crippen molar-refractivity contribution in [3.05, 3.63) is 60.2 Å². The molecule has 1 aromatic carbocycles. The predicted octanol–water partition coefficient (Wildman–Crippen LogP) is 2.47. The molecule has 1 unspecified atom stereocenters. The van der Waals surface area contributed by atoms with Crippen molar-refractivity contribution in [2.45, 2.75) is 5.92 Å². The number of benzene rings is 1. The minimum absolute atomic E-state index is 0.0351. The number of hydrogen-bond donors (Lipinski definition) is 1. The number of aliphatic carboxylic acids is 1. The Labute approximate surface area is 109 Å². The second kappa shape index (κ2) is 5.95. The molecule has 0 aliphatic carbocycles. The summed E-state index contributed by atoms with van der Waals surface area (Å²) in [7, 11) is 0. The van der Waals surface area contributed by atoms with Crippen LogP contribution in [0.4, 0.5) is 4.39 Å². The van der Waals surface area contributed by atoms with Crippen LogP contribution >= 0.6 is 0 Å². The molecule has 0 spiro atoms. The Bertz CT molecular complexity index is 542. The first-order valence-electron chi connectivity index (χ1n) is 5.68. The zero-order valence-electron chi connectivity index (χ0n) is 9.99. The van der Waals surface area contributed by atoms with Gasteiger partial charge in [0.15, 0.2) is 0 Å². The highest BCUT2D eigenvalue weighted by Crippen LogP contribution is 2.18. The number of carboxylic acids is 1. The Morgan fingerprint density at radius 1 is 1.32 bits per heavy atom. The maximum Gasteiger partial charge on any atom is 0.314 e. The Morgan fingerprint density at radius 3 is 2.63 bits per heavy atom. The van der Waals surface area contributed by atoms with Crippen molar-refractivity contribution in [2.24, 2.45) is 0 Å². The molecule has 19 heavy (non-hydrogen) atoms. The lowest BCUT2D eigenvalue weighted by Gasteiger charge is -2.13. The topological polar surface area (TPSA) is 59.4 Å². The molecular formula is C14H12FNO3.